The molecule has 0 bridgehead atoms. The third-order valence-electron chi connectivity index (χ3n) is 9.51. The Morgan fingerprint density at radius 1 is 0.633 bits per heavy atom. The van der Waals surface area contributed by atoms with Gasteiger partial charge in [0.05, 0.1) is 12.4 Å². The standard InChI is InChI=1S/C22H23BN3O.C16H18BBrN3O/c1-17-20-8-7-18(15-25-9-11-26(12-10-25)23-16-27)13-21(20)22(14-24-17)19-5-3-2-4-6-19;1-12-14-3-2-13(8-15(14)16(18)9-19-12)10-20-4-6-21(7-5-20)17-11-22/h2-8,13-14,16H,9-12,15H2,1H3;2-3,8-9,11H,4-7,10H2,1H3. The molecule has 11 heteroatoms. The third-order valence-corrected chi connectivity index (χ3v) is 10.1. The number of hydrogen-bond acceptors (Lipinski definition) is 8. The molecular weight excluding hydrogens is 674 g/mol. The Balaban J connectivity index is 0.000000174. The van der Waals surface area contributed by atoms with Crippen LogP contribution in [-0.2, 0) is 22.7 Å². The molecule has 7 rings (SSSR count). The van der Waals surface area contributed by atoms with Gasteiger partial charge >= 0.3 is 0 Å². The second kappa shape index (κ2) is 16.8. The summed E-state index contributed by atoms with van der Waals surface area (Å²) in [5.41, 5.74) is 7.13. The first kappa shape index (κ1) is 35.1. The van der Waals surface area contributed by atoms with Crippen LogP contribution in [-0.4, -0.2) is 109 Å². The van der Waals surface area contributed by atoms with Crippen LogP contribution in [0.4, 0.5) is 0 Å². The minimum Gasteiger partial charge on any atom is -0.338 e. The van der Waals surface area contributed by atoms with Gasteiger partial charge in [0.25, 0.3) is 14.8 Å². The number of piperazine rings is 2. The van der Waals surface area contributed by atoms with Crippen molar-refractivity contribution in [1.29, 1.82) is 0 Å². The largest absolute Gasteiger partial charge is 0.338 e. The van der Waals surface area contributed by atoms with Crippen LogP contribution in [0.3, 0.4) is 0 Å². The van der Waals surface area contributed by atoms with E-state index < -0.39 is 0 Å². The van der Waals surface area contributed by atoms with Crippen LogP contribution in [0.2, 0.25) is 0 Å². The van der Waals surface area contributed by atoms with Crippen LogP contribution in [0.1, 0.15) is 22.5 Å². The summed E-state index contributed by atoms with van der Waals surface area (Å²) in [6.07, 6.45) is 5.60. The monoisotopic (exact) mass is 714 g/mol. The molecule has 0 N–H and O–H groups in total. The summed E-state index contributed by atoms with van der Waals surface area (Å²) >= 11 is 3.60. The highest BCUT2D eigenvalue weighted by Gasteiger charge is 2.19. The molecule has 0 amide bonds. The van der Waals surface area contributed by atoms with Gasteiger partial charge in [-0.2, -0.15) is 0 Å². The van der Waals surface area contributed by atoms with Gasteiger partial charge in [-0.15, -0.1) is 0 Å². The van der Waals surface area contributed by atoms with Gasteiger partial charge < -0.3 is 19.2 Å². The van der Waals surface area contributed by atoms with E-state index in [4.69, 9.17) is 0 Å². The zero-order chi connectivity index (χ0) is 34.2. The van der Waals surface area contributed by atoms with Crippen molar-refractivity contribution < 1.29 is 9.59 Å². The molecule has 0 atom stereocenters. The zero-order valence-electron chi connectivity index (χ0n) is 28.3. The Hall–Kier alpha value is -3.73. The quantitative estimate of drug-likeness (QED) is 0.149. The average Bonchev–Trinajstić information content (AvgIpc) is 3.13. The van der Waals surface area contributed by atoms with E-state index in [0.717, 1.165) is 93.7 Å². The number of carbonyl (C=O) groups is 2. The lowest BCUT2D eigenvalue weighted by Crippen LogP contribution is -2.47. The number of benzene rings is 3. The smallest absolute Gasteiger partial charge is 0.293 e. The third kappa shape index (κ3) is 8.90. The first-order valence-electron chi connectivity index (χ1n) is 16.9. The van der Waals surface area contributed by atoms with E-state index in [0.29, 0.717) is 0 Å². The molecule has 0 aliphatic carbocycles. The molecule has 8 nitrogen and oxygen atoms in total. The van der Waals surface area contributed by atoms with Gasteiger partial charge in [0, 0.05) is 110 Å². The van der Waals surface area contributed by atoms with Crippen LogP contribution in [0.25, 0.3) is 32.7 Å². The number of fused-ring (bicyclic) bond motifs is 2. The molecule has 2 fully saturated rings. The molecule has 5 aromatic rings. The highest BCUT2D eigenvalue weighted by Crippen LogP contribution is 2.31. The van der Waals surface area contributed by atoms with E-state index in [-0.39, 0.29) is 0 Å². The van der Waals surface area contributed by atoms with Crippen LogP contribution < -0.4 is 0 Å². The molecule has 49 heavy (non-hydrogen) atoms. The normalized spacial score (nSPS) is 16.2. The Labute approximate surface area is 299 Å². The van der Waals surface area contributed by atoms with Gasteiger partial charge in [0.15, 0.2) is 0 Å². The fourth-order valence-electron chi connectivity index (χ4n) is 6.70. The minimum absolute atomic E-state index is 0.868. The molecule has 0 unspecified atom stereocenters. The molecule has 2 saturated heterocycles. The maximum Gasteiger partial charge on any atom is 0.293 e. The summed E-state index contributed by atoms with van der Waals surface area (Å²) < 4.78 is 1.04. The van der Waals surface area contributed by atoms with Crippen molar-refractivity contribution >= 4 is 64.7 Å². The van der Waals surface area contributed by atoms with Crippen molar-refractivity contribution in [2.75, 3.05) is 52.4 Å². The maximum absolute atomic E-state index is 10.6. The molecule has 248 valence electrons. The summed E-state index contributed by atoms with van der Waals surface area (Å²) in [6, 6.07) is 23.8. The van der Waals surface area contributed by atoms with Crippen LogP contribution in [0, 0.1) is 13.8 Å². The molecule has 2 aromatic heterocycles. The SMILES string of the molecule is Cc1ncc(-c2ccccc2)c2cc(CN3CCN([B]C=O)CC3)ccc12.Cc1ncc(Br)c2cc(CN3CCN([B]C=O)CC3)ccc12. The molecule has 3 aromatic carbocycles. The van der Waals surface area contributed by atoms with Crippen molar-refractivity contribution in [3.05, 3.63) is 106 Å². The second-order valence-corrected chi connectivity index (χ2v) is 13.6. The lowest BCUT2D eigenvalue weighted by molar-refractivity contribution is 0.183. The average molecular weight is 715 g/mol. The van der Waals surface area contributed by atoms with Gasteiger partial charge in [-0.05, 0) is 69.4 Å². The highest BCUT2D eigenvalue weighted by atomic mass is 79.9. The number of hydrogen-bond donors (Lipinski definition) is 0. The first-order valence-corrected chi connectivity index (χ1v) is 17.7. The van der Waals surface area contributed by atoms with E-state index in [1.807, 2.05) is 25.4 Å². The summed E-state index contributed by atoms with van der Waals surface area (Å²) in [6.45, 7) is 13.5. The van der Waals surface area contributed by atoms with Gasteiger partial charge in [-0.25, -0.2) is 0 Å². The Morgan fingerprint density at radius 2 is 1.12 bits per heavy atom. The minimum atomic E-state index is 0.868. The van der Waals surface area contributed by atoms with Crippen LogP contribution in [0.15, 0.2) is 83.6 Å². The van der Waals surface area contributed by atoms with Crippen molar-refractivity contribution in [3.63, 3.8) is 0 Å². The second-order valence-electron chi connectivity index (χ2n) is 12.8. The van der Waals surface area contributed by atoms with Gasteiger partial charge in [0.2, 0.25) is 0 Å². The topological polar surface area (TPSA) is 72.9 Å². The first-order chi connectivity index (χ1) is 23.9. The van der Waals surface area contributed by atoms with Gasteiger partial charge in [0.1, 0.15) is 0 Å². The Morgan fingerprint density at radius 3 is 1.65 bits per heavy atom. The number of carbonyl (C=O) groups excluding carboxylic acids is 2. The number of pyridine rings is 2. The summed E-state index contributed by atoms with van der Waals surface area (Å²) in [5, 5.41) is 4.89. The molecular formula is C38H41B2BrN6O2. The zero-order valence-corrected chi connectivity index (χ0v) is 29.8. The Bertz CT molecular complexity index is 1900. The fraction of sp³-hybridized carbons (Fsp3) is 0.316. The molecule has 2 radical (unpaired) electrons. The van der Waals surface area contributed by atoms with Crippen molar-refractivity contribution in [2.45, 2.75) is 26.9 Å². The highest BCUT2D eigenvalue weighted by molar-refractivity contribution is 9.10. The molecule has 0 spiro atoms. The number of aryl methyl sites for hydroxylation is 2. The fourth-order valence-corrected chi connectivity index (χ4v) is 7.13. The summed E-state index contributed by atoms with van der Waals surface area (Å²) in [5.74, 6) is 0. The molecule has 2 aliphatic rings. The van der Waals surface area contributed by atoms with Crippen LogP contribution in [0.5, 0.6) is 0 Å². The van der Waals surface area contributed by atoms with Gasteiger partial charge in [-0.3, -0.25) is 19.8 Å². The predicted molar refractivity (Wildman–Crippen MR) is 205 cm³/mol. The summed E-state index contributed by atoms with van der Waals surface area (Å²) in [4.78, 5) is 39.2. The van der Waals surface area contributed by atoms with E-state index in [2.05, 4.69) is 113 Å². The number of aromatic nitrogens is 2. The molecule has 2 aliphatic heterocycles. The van der Waals surface area contributed by atoms with E-state index in [1.165, 1.54) is 43.8 Å². The molecule has 4 heterocycles. The van der Waals surface area contributed by atoms with Crippen molar-refractivity contribution in [2.24, 2.45) is 0 Å². The number of nitrogens with zero attached hydrogens (tertiary/aromatic N) is 6. The van der Waals surface area contributed by atoms with E-state index >= 15 is 0 Å². The number of rotatable bonds is 9. The number of halogens is 1. The summed E-state index contributed by atoms with van der Waals surface area (Å²) in [7, 11) is 3.29. The van der Waals surface area contributed by atoms with Crippen molar-refractivity contribution in [3.8, 4) is 11.1 Å². The van der Waals surface area contributed by atoms with E-state index in [9.17, 15) is 9.59 Å². The lowest BCUT2D eigenvalue weighted by atomic mass is 9.93. The Kier molecular flexibility index (Phi) is 12.0. The van der Waals surface area contributed by atoms with Crippen molar-refractivity contribution in [1.82, 2.24) is 29.4 Å². The molecule has 0 saturated carbocycles. The van der Waals surface area contributed by atoms with Crippen LogP contribution >= 0.6 is 15.9 Å². The predicted octanol–water partition coefficient (Wildman–Crippen LogP) is 5.37. The van der Waals surface area contributed by atoms with E-state index in [1.54, 1.807) is 14.8 Å². The maximum atomic E-state index is 10.6. The van der Waals surface area contributed by atoms with Gasteiger partial charge in [-0.1, -0.05) is 54.6 Å². The lowest BCUT2D eigenvalue weighted by Gasteiger charge is -2.33.